The van der Waals surface area contributed by atoms with E-state index < -0.39 is 0 Å². The van der Waals surface area contributed by atoms with Crippen LogP contribution in [0.1, 0.15) is 24.0 Å². The third kappa shape index (κ3) is 4.97. The van der Waals surface area contributed by atoms with Crippen LogP contribution in [0.5, 0.6) is 0 Å². The molecule has 134 valence electrons. The zero-order valence-corrected chi connectivity index (χ0v) is 17.8. The van der Waals surface area contributed by atoms with Crippen molar-refractivity contribution in [2.75, 3.05) is 17.6 Å². The average molecular weight is 489 g/mol. The zero-order chi connectivity index (χ0) is 16.8. The van der Waals surface area contributed by atoms with E-state index in [1.807, 2.05) is 18.2 Å². The lowest BCUT2D eigenvalue weighted by molar-refractivity contribution is 0.225. The van der Waals surface area contributed by atoms with E-state index in [9.17, 15) is 0 Å². The molecule has 2 nitrogen and oxygen atoms in total. The summed E-state index contributed by atoms with van der Waals surface area (Å²) in [5, 5.41) is 0.755. The van der Waals surface area contributed by atoms with Gasteiger partial charge in [0.15, 0.2) is 0 Å². The summed E-state index contributed by atoms with van der Waals surface area (Å²) in [6.45, 7) is 2.77. The first-order chi connectivity index (χ1) is 11.7. The van der Waals surface area contributed by atoms with Crippen LogP contribution < -0.4 is 0 Å². The van der Waals surface area contributed by atoms with Crippen molar-refractivity contribution >= 4 is 51.8 Å². The summed E-state index contributed by atoms with van der Waals surface area (Å²) in [6, 6.07) is 21.0. The van der Waals surface area contributed by atoms with Gasteiger partial charge in [0.1, 0.15) is 5.17 Å². The van der Waals surface area contributed by atoms with Crippen molar-refractivity contribution in [3.8, 4) is 0 Å². The van der Waals surface area contributed by atoms with Crippen LogP contribution >= 0.6 is 46.6 Å². The van der Waals surface area contributed by atoms with E-state index in [0.717, 1.165) is 35.7 Å². The van der Waals surface area contributed by atoms with Crippen LogP contribution in [-0.4, -0.2) is 27.7 Å². The third-order valence-corrected chi connectivity index (χ3v) is 6.29. The third-order valence-electron chi connectivity index (χ3n) is 4.84. The number of halogens is 3. The van der Waals surface area contributed by atoms with Gasteiger partial charge in [0.05, 0.1) is 16.5 Å². The summed E-state index contributed by atoms with van der Waals surface area (Å²) in [5.74, 6) is 0. The smallest absolute Gasteiger partial charge is 0.111 e. The second-order valence-corrected chi connectivity index (χ2v) is 7.32. The van der Waals surface area contributed by atoms with Crippen LogP contribution in [0.3, 0.4) is 0 Å². The van der Waals surface area contributed by atoms with Crippen LogP contribution in [0.4, 0.5) is 0 Å². The number of aliphatic imine (C=N–C) groups is 1. The first kappa shape index (κ1) is 20.7. The van der Waals surface area contributed by atoms with E-state index in [1.165, 1.54) is 11.1 Å². The molecule has 1 aliphatic heterocycles. The minimum absolute atomic E-state index is 0. The molecule has 1 aliphatic rings. The van der Waals surface area contributed by atoms with Crippen molar-refractivity contribution in [2.45, 2.75) is 24.8 Å². The molecule has 0 aliphatic carbocycles. The standard InChI is InChI=1S/C20H22ClIN2.ClH/c21-19(23-15-17-7-3-1-4-8-17)20(18-9-5-2-6-10-18)11-13-24(16-22)14-12-20;/h1-10H,11-16H2;1H. The molecule has 2 aromatic rings. The van der Waals surface area contributed by atoms with Gasteiger partial charge in [-0.25, -0.2) is 0 Å². The molecular weight excluding hydrogens is 466 g/mol. The Morgan fingerprint density at radius 2 is 1.56 bits per heavy atom. The molecule has 0 amide bonds. The van der Waals surface area contributed by atoms with Crippen molar-refractivity contribution < 1.29 is 0 Å². The molecule has 1 heterocycles. The number of likely N-dealkylation sites (tertiary alicyclic amines) is 1. The Balaban J connectivity index is 0.00000225. The van der Waals surface area contributed by atoms with Crippen molar-refractivity contribution in [2.24, 2.45) is 4.99 Å². The zero-order valence-electron chi connectivity index (χ0n) is 14.1. The number of hydrogen-bond acceptors (Lipinski definition) is 2. The predicted octanol–water partition coefficient (Wildman–Crippen LogP) is 5.67. The summed E-state index contributed by atoms with van der Waals surface area (Å²) < 4.78 is 1.07. The van der Waals surface area contributed by atoms with Gasteiger partial charge >= 0.3 is 0 Å². The van der Waals surface area contributed by atoms with Crippen LogP contribution in [0.2, 0.25) is 0 Å². The summed E-state index contributed by atoms with van der Waals surface area (Å²) in [5.41, 5.74) is 2.35. The Morgan fingerprint density at radius 3 is 2.12 bits per heavy atom. The van der Waals surface area contributed by atoms with Gasteiger partial charge < -0.3 is 0 Å². The van der Waals surface area contributed by atoms with E-state index in [-0.39, 0.29) is 17.8 Å². The number of piperidine rings is 1. The van der Waals surface area contributed by atoms with Gasteiger partial charge in [-0.05, 0) is 24.0 Å². The fourth-order valence-electron chi connectivity index (χ4n) is 3.32. The molecule has 0 aromatic heterocycles. The number of benzene rings is 2. The Hall–Kier alpha value is -0.620. The summed E-state index contributed by atoms with van der Waals surface area (Å²) >= 11 is 9.26. The SMILES string of the molecule is Cl.ClC(=NCc1ccccc1)C1(c2ccccc2)CCN(CI)CC1. The average Bonchev–Trinajstić information content (AvgIpc) is 2.67. The normalized spacial score (nSPS) is 17.8. The van der Waals surface area contributed by atoms with Gasteiger partial charge in [-0.1, -0.05) is 94.9 Å². The minimum Gasteiger partial charge on any atom is -0.294 e. The maximum atomic E-state index is 6.82. The molecule has 0 N–H and O–H groups in total. The largest absolute Gasteiger partial charge is 0.294 e. The number of rotatable bonds is 5. The highest BCUT2D eigenvalue weighted by Crippen LogP contribution is 2.38. The number of nitrogens with zero attached hydrogens (tertiary/aromatic N) is 2. The fraction of sp³-hybridized carbons (Fsp3) is 0.350. The minimum atomic E-state index is -0.139. The first-order valence-corrected chi connectivity index (χ1v) is 10.2. The Kier molecular flexibility index (Phi) is 8.20. The number of hydrogen-bond donors (Lipinski definition) is 0. The quantitative estimate of drug-likeness (QED) is 0.229. The molecule has 1 saturated heterocycles. The van der Waals surface area contributed by atoms with Crippen molar-refractivity contribution in [3.63, 3.8) is 0 Å². The summed E-state index contributed by atoms with van der Waals surface area (Å²) in [6.07, 6.45) is 2.05. The molecule has 0 bridgehead atoms. The molecule has 1 fully saturated rings. The van der Waals surface area contributed by atoms with Gasteiger partial charge in [0.2, 0.25) is 0 Å². The molecule has 0 radical (unpaired) electrons. The molecule has 0 saturated carbocycles. The van der Waals surface area contributed by atoms with Gasteiger partial charge in [0, 0.05) is 13.1 Å². The monoisotopic (exact) mass is 488 g/mol. The first-order valence-electron chi connectivity index (χ1n) is 8.33. The molecule has 3 rings (SSSR count). The molecule has 2 aromatic carbocycles. The lowest BCUT2D eigenvalue weighted by Gasteiger charge is -2.41. The Bertz CT molecular complexity index is 669. The molecule has 0 atom stereocenters. The van der Waals surface area contributed by atoms with Gasteiger partial charge in [-0.3, -0.25) is 9.89 Å². The van der Waals surface area contributed by atoms with Crippen LogP contribution in [-0.2, 0) is 12.0 Å². The second-order valence-electron chi connectivity index (χ2n) is 6.28. The Labute approximate surface area is 175 Å². The lowest BCUT2D eigenvalue weighted by Crippen LogP contribution is -2.45. The summed E-state index contributed by atoms with van der Waals surface area (Å²) in [4.78, 5) is 7.25. The lowest BCUT2D eigenvalue weighted by atomic mass is 9.73. The maximum Gasteiger partial charge on any atom is 0.111 e. The molecule has 0 unspecified atom stereocenters. The highest BCUT2D eigenvalue weighted by molar-refractivity contribution is 14.1. The molecule has 0 spiro atoms. The summed E-state index contributed by atoms with van der Waals surface area (Å²) in [7, 11) is 0. The topological polar surface area (TPSA) is 15.6 Å². The van der Waals surface area contributed by atoms with E-state index in [4.69, 9.17) is 16.6 Å². The Morgan fingerprint density at radius 1 is 1.00 bits per heavy atom. The highest BCUT2D eigenvalue weighted by atomic mass is 127. The molecule has 25 heavy (non-hydrogen) atoms. The van der Waals surface area contributed by atoms with Crippen LogP contribution in [0.25, 0.3) is 0 Å². The molecular formula is C20H23Cl2IN2. The molecule has 5 heteroatoms. The van der Waals surface area contributed by atoms with E-state index in [1.54, 1.807) is 0 Å². The fourth-order valence-corrected chi connectivity index (χ4v) is 4.36. The van der Waals surface area contributed by atoms with Crippen LogP contribution in [0, 0.1) is 0 Å². The van der Waals surface area contributed by atoms with Gasteiger partial charge in [-0.15, -0.1) is 12.4 Å². The van der Waals surface area contributed by atoms with E-state index in [0.29, 0.717) is 6.54 Å². The maximum absolute atomic E-state index is 6.82. The van der Waals surface area contributed by atoms with Crippen molar-refractivity contribution in [1.29, 1.82) is 0 Å². The predicted molar refractivity (Wildman–Crippen MR) is 118 cm³/mol. The second kappa shape index (κ2) is 9.91. The van der Waals surface area contributed by atoms with Crippen molar-refractivity contribution in [3.05, 3.63) is 71.8 Å². The van der Waals surface area contributed by atoms with Gasteiger partial charge in [-0.2, -0.15) is 0 Å². The number of alkyl halides is 1. The van der Waals surface area contributed by atoms with Crippen molar-refractivity contribution in [1.82, 2.24) is 4.90 Å². The van der Waals surface area contributed by atoms with Crippen LogP contribution in [0.15, 0.2) is 65.7 Å². The van der Waals surface area contributed by atoms with Gasteiger partial charge in [0.25, 0.3) is 0 Å². The van der Waals surface area contributed by atoms with E-state index in [2.05, 4.69) is 70.0 Å². The van der Waals surface area contributed by atoms with E-state index >= 15 is 0 Å². The highest BCUT2D eigenvalue weighted by Gasteiger charge is 2.39.